The van der Waals surface area contributed by atoms with E-state index in [0.29, 0.717) is 17.9 Å². The van der Waals surface area contributed by atoms with E-state index in [4.69, 9.17) is 32.8 Å². The van der Waals surface area contributed by atoms with Gasteiger partial charge in [0.05, 0.1) is 26.9 Å². The van der Waals surface area contributed by atoms with Gasteiger partial charge in [-0.1, -0.05) is 0 Å². The van der Waals surface area contributed by atoms with Crippen molar-refractivity contribution in [2.75, 3.05) is 26.9 Å². The fourth-order valence-electron chi connectivity index (χ4n) is 5.13. The Labute approximate surface area is 256 Å². The molecule has 2 aliphatic rings. The summed E-state index contributed by atoms with van der Waals surface area (Å²) in [5.41, 5.74) is 0.202. The van der Waals surface area contributed by atoms with Gasteiger partial charge in [-0.15, -0.1) is 0 Å². The molecule has 0 bridgehead atoms. The molecule has 1 aromatic heterocycles. The summed E-state index contributed by atoms with van der Waals surface area (Å²) in [6, 6.07) is 11.1. The topological polar surface area (TPSA) is 227 Å². The predicted octanol–water partition coefficient (Wildman–Crippen LogP) is -1.13. The molecule has 45 heavy (non-hydrogen) atoms. The minimum absolute atomic E-state index is 0.0176. The highest BCUT2D eigenvalue weighted by Crippen LogP contribution is 2.35. The number of benzene rings is 2. The molecule has 10 atom stereocenters. The molecule has 0 saturated carbocycles. The maximum absolute atomic E-state index is 13.4. The van der Waals surface area contributed by atoms with Crippen molar-refractivity contribution in [3.8, 4) is 28.6 Å². The summed E-state index contributed by atoms with van der Waals surface area (Å²) in [6.45, 7) is 1.12. The van der Waals surface area contributed by atoms with Crippen LogP contribution in [0.1, 0.15) is 6.92 Å². The van der Waals surface area contributed by atoms with Crippen LogP contribution in [0.3, 0.4) is 0 Å². The highest BCUT2D eigenvalue weighted by atomic mass is 16.7. The normalized spacial score (nSPS) is 31.9. The SMILES string of the molecule is CCOc1ccc(-c2cc(=O)c3c(O[C@@H]4O[C@H](CO[C@@H]5O[C@H](CO)[C@@H](O)[C@H](O)[C@H]5O)[C@@H](O)[C@H](O)[C@H]4O)cc(OC)cc3o2)cc1. The molecule has 246 valence electrons. The summed E-state index contributed by atoms with van der Waals surface area (Å²) in [5.74, 6) is 1.03. The lowest BCUT2D eigenvalue weighted by Gasteiger charge is -2.42. The van der Waals surface area contributed by atoms with Gasteiger partial charge in [-0.2, -0.15) is 0 Å². The highest BCUT2D eigenvalue weighted by Gasteiger charge is 2.48. The Kier molecular flexibility index (Phi) is 10.2. The lowest BCUT2D eigenvalue weighted by Crippen LogP contribution is -2.62. The molecule has 5 rings (SSSR count). The minimum Gasteiger partial charge on any atom is -0.496 e. The number of fused-ring (bicyclic) bond motifs is 1. The molecule has 2 saturated heterocycles. The molecule has 15 heteroatoms. The predicted molar refractivity (Wildman–Crippen MR) is 153 cm³/mol. The van der Waals surface area contributed by atoms with E-state index in [2.05, 4.69) is 0 Å². The van der Waals surface area contributed by atoms with Gasteiger partial charge in [0.15, 0.2) is 11.7 Å². The molecule has 15 nitrogen and oxygen atoms in total. The van der Waals surface area contributed by atoms with Crippen LogP contribution in [-0.2, 0) is 14.2 Å². The summed E-state index contributed by atoms with van der Waals surface area (Å²) >= 11 is 0. The first-order valence-corrected chi connectivity index (χ1v) is 14.2. The Hall–Kier alpha value is -3.35. The summed E-state index contributed by atoms with van der Waals surface area (Å²) in [4.78, 5) is 13.4. The maximum Gasteiger partial charge on any atom is 0.229 e. The van der Waals surface area contributed by atoms with Crippen LogP contribution in [0.4, 0.5) is 0 Å². The Balaban J connectivity index is 1.38. The van der Waals surface area contributed by atoms with Crippen molar-refractivity contribution >= 4 is 11.0 Å². The van der Waals surface area contributed by atoms with E-state index in [0.717, 1.165) is 0 Å². The van der Waals surface area contributed by atoms with Crippen LogP contribution in [0.25, 0.3) is 22.3 Å². The fraction of sp³-hybridized carbons (Fsp3) is 0.500. The molecule has 2 aromatic carbocycles. The Morgan fingerprint density at radius 3 is 2.07 bits per heavy atom. The van der Waals surface area contributed by atoms with E-state index in [1.165, 1.54) is 25.3 Å². The molecular formula is C30H36O15. The molecule has 3 aromatic rings. The second kappa shape index (κ2) is 14.0. The largest absolute Gasteiger partial charge is 0.496 e. The first-order chi connectivity index (χ1) is 21.6. The molecule has 0 unspecified atom stereocenters. The molecule has 0 aliphatic carbocycles. The van der Waals surface area contributed by atoms with Gasteiger partial charge < -0.3 is 68.6 Å². The number of ether oxygens (including phenoxy) is 6. The number of methoxy groups -OCH3 is 1. The Morgan fingerprint density at radius 2 is 1.42 bits per heavy atom. The second-order valence-electron chi connectivity index (χ2n) is 10.6. The van der Waals surface area contributed by atoms with E-state index in [1.807, 2.05) is 6.92 Å². The minimum atomic E-state index is -1.80. The molecule has 7 N–H and O–H groups in total. The number of hydrogen-bond donors (Lipinski definition) is 7. The van der Waals surface area contributed by atoms with Crippen molar-refractivity contribution in [1.29, 1.82) is 0 Å². The van der Waals surface area contributed by atoms with Gasteiger partial charge >= 0.3 is 0 Å². The van der Waals surface area contributed by atoms with Crippen LogP contribution < -0.4 is 19.6 Å². The monoisotopic (exact) mass is 636 g/mol. The van der Waals surface area contributed by atoms with E-state index in [-0.39, 0.29) is 28.2 Å². The lowest BCUT2D eigenvalue weighted by molar-refractivity contribution is -0.323. The third kappa shape index (κ3) is 6.78. The van der Waals surface area contributed by atoms with Gasteiger partial charge in [0.2, 0.25) is 6.29 Å². The average Bonchev–Trinajstić information content (AvgIpc) is 3.04. The quantitative estimate of drug-likeness (QED) is 0.140. The summed E-state index contributed by atoms with van der Waals surface area (Å²) in [5, 5.41) is 71.5. The molecule has 0 radical (unpaired) electrons. The smallest absolute Gasteiger partial charge is 0.229 e. The third-order valence-electron chi connectivity index (χ3n) is 7.64. The zero-order valence-corrected chi connectivity index (χ0v) is 24.3. The third-order valence-corrected chi connectivity index (χ3v) is 7.64. The highest BCUT2D eigenvalue weighted by molar-refractivity contribution is 5.86. The molecule has 3 heterocycles. The van der Waals surface area contributed by atoms with Gasteiger partial charge in [0, 0.05) is 23.8 Å². The molecule has 0 amide bonds. The van der Waals surface area contributed by atoms with Crippen LogP contribution in [0, 0.1) is 0 Å². The Morgan fingerprint density at radius 1 is 0.778 bits per heavy atom. The number of rotatable bonds is 10. The molecule has 0 spiro atoms. The fourth-order valence-corrected chi connectivity index (χ4v) is 5.13. The molecular weight excluding hydrogens is 600 g/mol. The van der Waals surface area contributed by atoms with Crippen LogP contribution in [0.5, 0.6) is 17.2 Å². The van der Waals surface area contributed by atoms with Crippen LogP contribution in [0.15, 0.2) is 51.7 Å². The van der Waals surface area contributed by atoms with Crippen molar-refractivity contribution < 1.29 is 68.6 Å². The number of aliphatic hydroxyl groups excluding tert-OH is 7. The van der Waals surface area contributed by atoms with Crippen molar-refractivity contribution in [1.82, 2.24) is 0 Å². The summed E-state index contributed by atoms with van der Waals surface area (Å²) in [6.07, 6.45) is -16.1. The van der Waals surface area contributed by atoms with Gasteiger partial charge in [-0.25, -0.2) is 0 Å². The first-order valence-electron chi connectivity index (χ1n) is 14.2. The van der Waals surface area contributed by atoms with Crippen molar-refractivity contribution in [3.05, 3.63) is 52.7 Å². The van der Waals surface area contributed by atoms with Crippen LogP contribution in [-0.4, -0.2) is 124 Å². The lowest BCUT2D eigenvalue weighted by atomic mass is 9.98. The van der Waals surface area contributed by atoms with E-state index < -0.39 is 80.1 Å². The number of aliphatic hydroxyl groups is 7. The van der Waals surface area contributed by atoms with Crippen LogP contribution >= 0.6 is 0 Å². The summed E-state index contributed by atoms with van der Waals surface area (Å²) in [7, 11) is 1.39. The van der Waals surface area contributed by atoms with Crippen molar-refractivity contribution in [3.63, 3.8) is 0 Å². The zero-order valence-electron chi connectivity index (χ0n) is 24.3. The standard InChI is InChI=1S/C30H36O15/c1-3-40-14-6-4-13(5-7-14)17-10-16(32)22-18(42-17)8-15(39-2)9-19(22)43-30-28(38)26(36)24(34)21(45-30)12-41-29-27(37)25(35)23(33)20(11-31)44-29/h4-10,20-21,23-31,33-38H,3,11-12H2,1-2H3/t20-,21-,23-,24-,25+,26+,27-,28-,29-,30-/m1/s1. The van der Waals surface area contributed by atoms with Gasteiger partial charge in [-0.3, -0.25) is 4.79 Å². The van der Waals surface area contributed by atoms with Gasteiger partial charge in [0.25, 0.3) is 0 Å². The summed E-state index contributed by atoms with van der Waals surface area (Å²) < 4.78 is 39.2. The molecule has 2 aliphatic heterocycles. The van der Waals surface area contributed by atoms with E-state index in [1.54, 1.807) is 24.3 Å². The van der Waals surface area contributed by atoms with Gasteiger partial charge in [-0.05, 0) is 31.2 Å². The van der Waals surface area contributed by atoms with E-state index in [9.17, 15) is 40.5 Å². The maximum atomic E-state index is 13.4. The first kappa shape index (κ1) is 33.0. The zero-order chi connectivity index (χ0) is 32.4. The van der Waals surface area contributed by atoms with Crippen LogP contribution in [0.2, 0.25) is 0 Å². The Bertz CT molecular complexity index is 1490. The molecule has 2 fully saturated rings. The van der Waals surface area contributed by atoms with Crippen molar-refractivity contribution in [2.24, 2.45) is 0 Å². The average molecular weight is 637 g/mol. The van der Waals surface area contributed by atoms with Gasteiger partial charge in [0.1, 0.15) is 82.8 Å². The van der Waals surface area contributed by atoms with E-state index >= 15 is 0 Å². The van der Waals surface area contributed by atoms with Crippen molar-refractivity contribution in [2.45, 2.75) is 68.3 Å². The number of hydrogen-bond acceptors (Lipinski definition) is 15. The second-order valence-corrected chi connectivity index (χ2v) is 10.6.